The summed E-state index contributed by atoms with van der Waals surface area (Å²) in [6.45, 7) is -2.70. The lowest BCUT2D eigenvalue weighted by Crippen LogP contribution is -2.22. The molecule has 4 heteroatoms. The molecule has 0 aromatic heterocycles. The van der Waals surface area contributed by atoms with Crippen molar-refractivity contribution in [2.24, 2.45) is 5.92 Å². The van der Waals surface area contributed by atoms with E-state index in [2.05, 4.69) is 0 Å². The van der Waals surface area contributed by atoms with Crippen molar-refractivity contribution in [3.05, 3.63) is 11.5 Å². The molecule has 0 spiro atoms. The van der Waals surface area contributed by atoms with Gasteiger partial charge in [0.1, 0.15) is 0 Å². The Morgan fingerprint density at radius 2 is 2.09 bits per heavy atom. The van der Waals surface area contributed by atoms with Crippen molar-refractivity contribution in [1.82, 2.24) is 0 Å². The summed E-state index contributed by atoms with van der Waals surface area (Å²) in [4.78, 5) is 0. The van der Waals surface area contributed by atoms with E-state index >= 15 is 0 Å². The topological polar surface area (TPSA) is 0 Å². The Hall–Kier alpha value is -0.405. The molecule has 0 nitrogen and oxygen atoms in total. The van der Waals surface area contributed by atoms with Crippen LogP contribution in [0.1, 0.15) is 26.2 Å². The summed E-state index contributed by atoms with van der Waals surface area (Å²) in [5.41, 5.74) is -0.275. The van der Waals surface area contributed by atoms with Gasteiger partial charge < -0.3 is 12.9 Å². The van der Waals surface area contributed by atoms with Crippen LogP contribution in [0.5, 0.6) is 0 Å². The monoisotopic (exact) mass is 163 g/mol. The summed E-state index contributed by atoms with van der Waals surface area (Å²) < 4.78 is 36.2. The molecule has 0 radical (unpaired) electrons. The van der Waals surface area contributed by atoms with Crippen LogP contribution in [0.2, 0.25) is 0 Å². The number of rotatable bonds is 1. The number of hydrogen-bond donors (Lipinski definition) is 0. The molecule has 0 heterocycles. The summed E-state index contributed by atoms with van der Waals surface area (Å²) in [6, 6.07) is 0. The molecule has 1 unspecified atom stereocenters. The zero-order chi connectivity index (χ0) is 8.48. The zero-order valence-corrected chi connectivity index (χ0v) is 6.49. The van der Waals surface area contributed by atoms with Gasteiger partial charge in [0.25, 0.3) is 0 Å². The minimum Gasteiger partial charge on any atom is -0.445 e. The van der Waals surface area contributed by atoms with E-state index in [9.17, 15) is 12.9 Å². The summed E-state index contributed by atoms with van der Waals surface area (Å²) in [6.07, 6.45) is 2.86. The summed E-state index contributed by atoms with van der Waals surface area (Å²) in [7, 11) is 0. The molecule has 0 bridgehead atoms. The lowest BCUT2D eigenvalue weighted by molar-refractivity contribution is 0.459. The fourth-order valence-corrected chi connectivity index (χ4v) is 1.28. The summed E-state index contributed by atoms with van der Waals surface area (Å²) in [5, 5.41) is 0. The van der Waals surface area contributed by atoms with Crippen molar-refractivity contribution in [2.45, 2.75) is 26.2 Å². The number of halogens is 3. The van der Waals surface area contributed by atoms with E-state index in [1.54, 1.807) is 0 Å². The Morgan fingerprint density at radius 1 is 1.45 bits per heavy atom. The first-order valence-electron chi connectivity index (χ1n) is 3.89. The molecule has 1 rings (SSSR count). The highest BCUT2D eigenvalue weighted by Crippen LogP contribution is 2.31. The van der Waals surface area contributed by atoms with Gasteiger partial charge in [0, 0.05) is 0 Å². The molecule has 64 valence electrons. The second-order valence-corrected chi connectivity index (χ2v) is 3.23. The highest BCUT2D eigenvalue weighted by Gasteiger charge is 2.29. The second-order valence-electron chi connectivity index (χ2n) is 3.23. The van der Waals surface area contributed by atoms with Crippen LogP contribution in [0, 0.1) is 5.92 Å². The first-order chi connectivity index (χ1) is 5.00. The largest absolute Gasteiger partial charge is 0.505 e. The van der Waals surface area contributed by atoms with E-state index in [4.69, 9.17) is 0 Å². The Balaban J connectivity index is 2.62. The van der Waals surface area contributed by atoms with E-state index in [0.29, 0.717) is 18.8 Å². The summed E-state index contributed by atoms with van der Waals surface area (Å²) in [5.74, 6) is 0.428. The summed E-state index contributed by atoms with van der Waals surface area (Å²) >= 11 is 0. The molecule has 1 aliphatic carbocycles. The minimum atomic E-state index is -4.69. The average Bonchev–Trinajstić information content (AvgIpc) is 1.86. The first-order valence-corrected chi connectivity index (χ1v) is 3.89. The number of hydrogen-bond acceptors (Lipinski definition) is 0. The van der Waals surface area contributed by atoms with Crippen molar-refractivity contribution in [3.8, 4) is 0 Å². The quantitative estimate of drug-likeness (QED) is 0.521. The Labute approximate surface area is 64.5 Å². The molecule has 11 heavy (non-hydrogen) atoms. The molecule has 0 aromatic carbocycles. The van der Waals surface area contributed by atoms with Crippen LogP contribution >= 0.6 is 0 Å². The Morgan fingerprint density at radius 3 is 2.45 bits per heavy atom. The van der Waals surface area contributed by atoms with Crippen molar-refractivity contribution in [2.75, 3.05) is 0 Å². The molecule has 0 N–H and O–H groups in total. The smallest absolute Gasteiger partial charge is 0.445 e. The van der Waals surface area contributed by atoms with Crippen molar-refractivity contribution >= 4 is 6.98 Å². The average molecular weight is 163 g/mol. The van der Waals surface area contributed by atoms with E-state index in [1.807, 2.05) is 6.92 Å². The lowest BCUT2D eigenvalue weighted by atomic mass is 9.71. The Kier molecular flexibility index (Phi) is 2.30. The highest BCUT2D eigenvalue weighted by atomic mass is 19.4. The third-order valence-electron chi connectivity index (χ3n) is 2.13. The molecule has 0 amide bonds. The molecular formula is C7H11BF3-. The highest BCUT2D eigenvalue weighted by molar-refractivity contribution is 6.66. The molecule has 0 fully saturated rings. The maximum absolute atomic E-state index is 12.1. The van der Waals surface area contributed by atoms with Crippen molar-refractivity contribution in [3.63, 3.8) is 0 Å². The van der Waals surface area contributed by atoms with Crippen LogP contribution in [0.4, 0.5) is 12.9 Å². The molecule has 0 aliphatic heterocycles. The van der Waals surface area contributed by atoms with Gasteiger partial charge in [-0.05, 0) is 18.8 Å². The van der Waals surface area contributed by atoms with Gasteiger partial charge in [0.2, 0.25) is 0 Å². The van der Waals surface area contributed by atoms with Gasteiger partial charge in [-0.1, -0.05) is 13.3 Å². The van der Waals surface area contributed by atoms with Crippen LogP contribution in [-0.4, -0.2) is 6.98 Å². The predicted molar refractivity (Wildman–Crippen MR) is 40.2 cm³/mol. The zero-order valence-electron chi connectivity index (χ0n) is 6.49. The predicted octanol–water partition coefficient (Wildman–Crippen LogP) is 3.12. The molecule has 0 aromatic rings. The van der Waals surface area contributed by atoms with Crippen LogP contribution in [0.25, 0.3) is 0 Å². The van der Waals surface area contributed by atoms with Gasteiger partial charge in [-0.15, -0.1) is 11.5 Å². The van der Waals surface area contributed by atoms with Crippen LogP contribution < -0.4 is 0 Å². The van der Waals surface area contributed by atoms with Gasteiger partial charge in [-0.25, -0.2) is 0 Å². The van der Waals surface area contributed by atoms with E-state index in [0.717, 1.165) is 0 Å². The van der Waals surface area contributed by atoms with Gasteiger partial charge in [0.05, 0.1) is 0 Å². The molecular weight excluding hydrogens is 152 g/mol. The van der Waals surface area contributed by atoms with E-state index in [-0.39, 0.29) is 11.9 Å². The maximum Gasteiger partial charge on any atom is 0.505 e. The third-order valence-corrected chi connectivity index (χ3v) is 2.13. The van der Waals surface area contributed by atoms with Crippen LogP contribution in [0.15, 0.2) is 11.5 Å². The van der Waals surface area contributed by atoms with Gasteiger partial charge >= 0.3 is 6.98 Å². The maximum atomic E-state index is 12.1. The molecule has 1 atom stereocenters. The fraction of sp³-hybridized carbons (Fsp3) is 0.714. The SMILES string of the molecule is CC1CC=C([B-](F)(F)F)CC1. The van der Waals surface area contributed by atoms with Gasteiger partial charge in [-0.2, -0.15) is 0 Å². The van der Waals surface area contributed by atoms with E-state index in [1.165, 1.54) is 6.08 Å². The molecule has 0 saturated heterocycles. The van der Waals surface area contributed by atoms with E-state index < -0.39 is 6.98 Å². The van der Waals surface area contributed by atoms with Gasteiger partial charge in [-0.3, -0.25) is 0 Å². The lowest BCUT2D eigenvalue weighted by Gasteiger charge is -2.25. The normalized spacial score (nSPS) is 26.5. The van der Waals surface area contributed by atoms with Gasteiger partial charge in [0.15, 0.2) is 0 Å². The first kappa shape index (κ1) is 8.69. The number of allylic oxidation sites excluding steroid dienone is 2. The Bertz CT molecular complexity index is 171. The van der Waals surface area contributed by atoms with Crippen molar-refractivity contribution in [1.29, 1.82) is 0 Å². The molecule has 0 saturated carbocycles. The standard InChI is InChI=1S/C7H11BF3/c1-6-2-4-7(5-3-6)8(9,10)11/h4,6H,2-3,5H2,1H3/q-1. The van der Waals surface area contributed by atoms with Crippen LogP contribution in [0.3, 0.4) is 0 Å². The molecule has 1 aliphatic rings. The third kappa shape index (κ3) is 2.28. The fourth-order valence-electron chi connectivity index (χ4n) is 1.28. The second kappa shape index (κ2) is 2.91. The minimum absolute atomic E-state index is 0.227. The van der Waals surface area contributed by atoms with Crippen molar-refractivity contribution < 1.29 is 12.9 Å². The van der Waals surface area contributed by atoms with Crippen LogP contribution in [-0.2, 0) is 0 Å².